The van der Waals surface area contributed by atoms with Crippen molar-refractivity contribution in [3.8, 4) is 0 Å². The van der Waals surface area contributed by atoms with Crippen LogP contribution < -0.4 is 11.2 Å². The predicted octanol–water partition coefficient (Wildman–Crippen LogP) is 3.34. The quantitative estimate of drug-likeness (QED) is 0.595. The van der Waals surface area contributed by atoms with Gasteiger partial charge in [-0.2, -0.15) is 5.10 Å². The standard InChI is InChI=1S/C18H15Br2N3O2/c1-12-17(24)22(10-13-2-6-15(19)7-3-13)18(25)23(21-12)11-14-4-8-16(20)9-5-14/h2-9H,10-11H2,1H3. The summed E-state index contributed by atoms with van der Waals surface area (Å²) < 4.78 is 4.47. The first-order chi connectivity index (χ1) is 11.9. The second kappa shape index (κ2) is 7.49. The summed E-state index contributed by atoms with van der Waals surface area (Å²) in [6.07, 6.45) is 0. The summed E-state index contributed by atoms with van der Waals surface area (Å²) in [6, 6.07) is 15.2. The summed E-state index contributed by atoms with van der Waals surface area (Å²) in [5.41, 5.74) is 1.34. The number of halogens is 2. The fourth-order valence-corrected chi connectivity index (χ4v) is 2.99. The highest BCUT2D eigenvalue weighted by Crippen LogP contribution is 2.12. The summed E-state index contributed by atoms with van der Waals surface area (Å²) in [7, 11) is 0. The van der Waals surface area contributed by atoms with E-state index in [1.54, 1.807) is 6.92 Å². The van der Waals surface area contributed by atoms with E-state index in [0.717, 1.165) is 20.1 Å². The van der Waals surface area contributed by atoms with Crippen molar-refractivity contribution in [3.05, 3.63) is 95.1 Å². The topological polar surface area (TPSA) is 56.9 Å². The summed E-state index contributed by atoms with van der Waals surface area (Å²) in [5, 5.41) is 4.16. The first-order valence-corrected chi connectivity index (χ1v) is 9.20. The second-order valence-corrected chi connectivity index (χ2v) is 7.50. The molecule has 7 heteroatoms. The zero-order valence-corrected chi connectivity index (χ0v) is 16.6. The highest BCUT2D eigenvalue weighted by Gasteiger charge is 2.11. The highest BCUT2D eigenvalue weighted by atomic mass is 79.9. The number of benzene rings is 2. The van der Waals surface area contributed by atoms with Gasteiger partial charge < -0.3 is 0 Å². The Morgan fingerprint density at radius 1 is 0.840 bits per heavy atom. The monoisotopic (exact) mass is 463 g/mol. The first-order valence-electron chi connectivity index (χ1n) is 7.61. The molecule has 0 saturated carbocycles. The number of aryl methyl sites for hydroxylation is 1. The Hall–Kier alpha value is -1.99. The molecule has 1 heterocycles. The molecule has 1 aromatic heterocycles. The Balaban J connectivity index is 1.99. The second-order valence-electron chi connectivity index (χ2n) is 5.67. The van der Waals surface area contributed by atoms with Crippen LogP contribution in [0, 0.1) is 6.92 Å². The lowest BCUT2D eigenvalue weighted by Crippen LogP contribution is -2.43. The average Bonchev–Trinajstić information content (AvgIpc) is 2.60. The van der Waals surface area contributed by atoms with E-state index < -0.39 is 5.69 Å². The van der Waals surface area contributed by atoms with Gasteiger partial charge >= 0.3 is 5.69 Å². The fourth-order valence-electron chi connectivity index (χ4n) is 2.47. The molecule has 0 bridgehead atoms. The number of hydrogen-bond donors (Lipinski definition) is 0. The van der Waals surface area contributed by atoms with Crippen molar-refractivity contribution in [1.29, 1.82) is 0 Å². The zero-order chi connectivity index (χ0) is 18.0. The third-order valence-electron chi connectivity index (χ3n) is 3.78. The molecular weight excluding hydrogens is 450 g/mol. The van der Waals surface area contributed by atoms with Gasteiger partial charge in [-0.1, -0.05) is 56.1 Å². The maximum absolute atomic E-state index is 12.7. The van der Waals surface area contributed by atoms with Crippen molar-refractivity contribution in [1.82, 2.24) is 14.3 Å². The molecule has 128 valence electrons. The van der Waals surface area contributed by atoms with Gasteiger partial charge in [-0.3, -0.25) is 9.36 Å². The molecule has 3 aromatic rings. The predicted molar refractivity (Wildman–Crippen MR) is 104 cm³/mol. The fraction of sp³-hybridized carbons (Fsp3) is 0.167. The van der Waals surface area contributed by atoms with E-state index in [2.05, 4.69) is 37.0 Å². The normalized spacial score (nSPS) is 10.8. The molecule has 3 rings (SSSR count). The van der Waals surface area contributed by atoms with Crippen molar-refractivity contribution in [2.24, 2.45) is 0 Å². The molecule has 0 saturated heterocycles. The lowest BCUT2D eigenvalue weighted by Gasteiger charge is -2.11. The van der Waals surface area contributed by atoms with Crippen LogP contribution in [0.25, 0.3) is 0 Å². The molecule has 0 amide bonds. The Kier molecular flexibility index (Phi) is 5.34. The Labute approximate surface area is 161 Å². The maximum atomic E-state index is 12.7. The molecule has 0 aliphatic heterocycles. The van der Waals surface area contributed by atoms with Crippen molar-refractivity contribution < 1.29 is 0 Å². The SMILES string of the molecule is Cc1nn(Cc2ccc(Br)cc2)c(=O)n(Cc2ccc(Br)cc2)c1=O. The highest BCUT2D eigenvalue weighted by molar-refractivity contribution is 9.10. The van der Waals surface area contributed by atoms with Crippen LogP contribution in [0.3, 0.4) is 0 Å². The van der Waals surface area contributed by atoms with Crippen LogP contribution in [0.1, 0.15) is 16.8 Å². The van der Waals surface area contributed by atoms with E-state index in [0.29, 0.717) is 12.2 Å². The van der Waals surface area contributed by atoms with Crippen LogP contribution >= 0.6 is 31.9 Å². The molecule has 0 radical (unpaired) electrons. The van der Waals surface area contributed by atoms with E-state index in [1.165, 1.54) is 9.25 Å². The molecule has 25 heavy (non-hydrogen) atoms. The van der Waals surface area contributed by atoms with Gasteiger partial charge in [0.1, 0.15) is 5.69 Å². The minimum absolute atomic E-state index is 0.217. The van der Waals surface area contributed by atoms with E-state index in [9.17, 15) is 9.59 Å². The van der Waals surface area contributed by atoms with Crippen LogP contribution in [-0.2, 0) is 13.1 Å². The minimum Gasteiger partial charge on any atom is -0.267 e. The van der Waals surface area contributed by atoms with Crippen LogP contribution in [0.2, 0.25) is 0 Å². The zero-order valence-electron chi connectivity index (χ0n) is 13.4. The number of rotatable bonds is 4. The molecule has 5 nitrogen and oxygen atoms in total. The molecule has 0 N–H and O–H groups in total. The number of nitrogens with zero attached hydrogens (tertiary/aromatic N) is 3. The molecule has 0 spiro atoms. The Morgan fingerprint density at radius 3 is 1.84 bits per heavy atom. The minimum atomic E-state index is -0.415. The summed E-state index contributed by atoms with van der Waals surface area (Å²) in [5.74, 6) is 0. The van der Waals surface area contributed by atoms with Gasteiger partial charge in [0.15, 0.2) is 0 Å². The summed E-state index contributed by atoms with van der Waals surface area (Å²) in [6.45, 7) is 2.15. The molecule has 0 aliphatic rings. The van der Waals surface area contributed by atoms with E-state index >= 15 is 0 Å². The smallest absolute Gasteiger partial charge is 0.267 e. The van der Waals surface area contributed by atoms with Crippen LogP contribution in [-0.4, -0.2) is 14.3 Å². The maximum Gasteiger partial charge on any atom is 0.348 e. The van der Waals surface area contributed by atoms with Crippen LogP contribution in [0.4, 0.5) is 0 Å². The largest absolute Gasteiger partial charge is 0.348 e. The first kappa shape index (κ1) is 17.8. The van der Waals surface area contributed by atoms with Crippen molar-refractivity contribution in [2.75, 3.05) is 0 Å². The number of hydrogen-bond acceptors (Lipinski definition) is 3. The van der Waals surface area contributed by atoms with Gasteiger partial charge in [-0.25, -0.2) is 9.48 Å². The van der Waals surface area contributed by atoms with Crippen LogP contribution in [0.15, 0.2) is 67.1 Å². The van der Waals surface area contributed by atoms with E-state index in [-0.39, 0.29) is 12.1 Å². The summed E-state index contributed by atoms with van der Waals surface area (Å²) in [4.78, 5) is 25.1. The molecule has 0 unspecified atom stereocenters. The Morgan fingerprint density at radius 2 is 1.32 bits per heavy atom. The molecule has 0 aliphatic carbocycles. The van der Waals surface area contributed by atoms with Crippen molar-refractivity contribution in [2.45, 2.75) is 20.0 Å². The molecule has 0 atom stereocenters. The molecular formula is C18H15Br2N3O2. The van der Waals surface area contributed by atoms with Gasteiger partial charge in [-0.15, -0.1) is 0 Å². The van der Waals surface area contributed by atoms with E-state index in [1.807, 2.05) is 48.5 Å². The van der Waals surface area contributed by atoms with Gasteiger partial charge in [-0.05, 0) is 42.3 Å². The van der Waals surface area contributed by atoms with Gasteiger partial charge in [0, 0.05) is 8.95 Å². The number of aromatic nitrogens is 3. The lowest BCUT2D eigenvalue weighted by molar-refractivity contribution is 0.531. The molecule has 2 aromatic carbocycles. The third-order valence-corrected chi connectivity index (χ3v) is 4.83. The van der Waals surface area contributed by atoms with Gasteiger partial charge in [0.25, 0.3) is 5.56 Å². The van der Waals surface area contributed by atoms with Gasteiger partial charge in [0.05, 0.1) is 13.1 Å². The lowest BCUT2D eigenvalue weighted by atomic mass is 10.2. The van der Waals surface area contributed by atoms with E-state index in [4.69, 9.17) is 0 Å². The van der Waals surface area contributed by atoms with Crippen molar-refractivity contribution in [3.63, 3.8) is 0 Å². The molecule has 0 fully saturated rings. The third kappa shape index (κ3) is 4.16. The van der Waals surface area contributed by atoms with Crippen LogP contribution in [0.5, 0.6) is 0 Å². The average molecular weight is 465 g/mol. The summed E-state index contributed by atoms with van der Waals surface area (Å²) >= 11 is 6.76. The van der Waals surface area contributed by atoms with Crippen molar-refractivity contribution >= 4 is 31.9 Å². The Bertz CT molecular complexity index is 1010. The van der Waals surface area contributed by atoms with Gasteiger partial charge in [0.2, 0.25) is 0 Å².